The number of rotatable bonds is 3. The Morgan fingerprint density at radius 2 is 1.91 bits per heavy atom. The van der Waals surface area contributed by atoms with Crippen LogP contribution < -0.4 is 4.57 Å². The molecule has 0 saturated carbocycles. The zero-order valence-corrected chi connectivity index (χ0v) is 8.29. The van der Waals surface area contributed by atoms with Gasteiger partial charge >= 0.3 is 0 Å². The summed E-state index contributed by atoms with van der Waals surface area (Å²) in [5.41, 5.74) is 0. The minimum Gasteiger partial charge on any atom is -0.202 e. The van der Waals surface area contributed by atoms with Gasteiger partial charge in [0.2, 0.25) is 0 Å². The van der Waals surface area contributed by atoms with Crippen LogP contribution in [0.15, 0.2) is 30.6 Å². The Morgan fingerprint density at radius 3 is 2.36 bits per heavy atom. The Balaban J connectivity index is 2.74. The van der Waals surface area contributed by atoms with E-state index in [1.54, 1.807) is 0 Å². The highest BCUT2D eigenvalue weighted by molar-refractivity contribution is 9.09. The quantitative estimate of drug-likeness (QED) is 0.538. The molecular formula is C9H13BrN+. The summed E-state index contributed by atoms with van der Waals surface area (Å²) in [6.45, 7) is 2.20. The standard InChI is InChI=1S/C9H13BrN/c1-2-9(8-10)11-6-4-3-5-7-11/h3-7,9H,2,8H2,1H3/q+1/t9-/m0/s1. The molecule has 2 heteroatoms. The molecule has 0 unspecified atom stereocenters. The Morgan fingerprint density at radius 1 is 1.27 bits per heavy atom. The minimum atomic E-state index is 0.594. The van der Waals surface area contributed by atoms with Crippen molar-refractivity contribution >= 4 is 15.9 Å². The van der Waals surface area contributed by atoms with E-state index in [-0.39, 0.29) is 0 Å². The first kappa shape index (κ1) is 8.72. The van der Waals surface area contributed by atoms with Crippen LogP contribution in [0.5, 0.6) is 0 Å². The topological polar surface area (TPSA) is 3.88 Å². The van der Waals surface area contributed by atoms with E-state index in [0.29, 0.717) is 6.04 Å². The van der Waals surface area contributed by atoms with Crippen LogP contribution in [0.2, 0.25) is 0 Å². The fraction of sp³-hybridized carbons (Fsp3) is 0.444. The van der Waals surface area contributed by atoms with Crippen molar-refractivity contribution in [1.29, 1.82) is 0 Å². The molecule has 1 nitrogen and oxygen atoms in total. The molecule has 1 aromatic rings. The third-order valence-electron chi connectivity index (χ3n) is 1.81. The fourth-order valence-electron chi connectivity index (χ4n) is 1.06. The van der Waals surface area contributed by atoms with Gasteiger partial charge in [-0.05, 0) is 0 Å². The van der Waals surface area contributed by atoms with E-state index < -0.39 is 0 Å². The summed E-state index contributed by atoms with van der Waals surface area (Å²) in [6.07, 6.45) is 5.38. The highest BCUT2D eigenvalue weighted by Crippen LogP contribution is 2.04. The zero-order valence-electron chi connectivity index (χ0n) is 6.70. The lowest BCUT2D eigenvalue weighted by Crippen LogP contribution is -2.39. The second kappa shape index (κ2) is 4.50. The predicted molar refractivity (Wildman–Crippen MR) is 49.8 cm³/mol. The second-order valence-corrected chi connectivity index (χ2v) is 3.19. The molecule has 0 saturated heterocycles. The summed E-state index contributed by atoms with van der Waals surface area (Å²) in [5.74, 6) is 0. The Kier molecular flexibility index (Phi) is 3.57. The van der Waals surface area contributed by atoms with E-state index in [2.05, 4.69) is 51.9 Å². The van der Waals surface area contributed by atoms with E-state index in [9.17, 15) is 0 Å². The van der Waals surface area contributed by atoms with Crippen LogP contribution in [0.1, 0.15) is 19.4 Å². The molecule has 0 aliphatic heterocycles. The number of nitrogens with zero attached hydrogens (tertiary/aromatic N) is 1. The van der Waals surface area contributed by atoms with E-state index in [1.807, 2.05) is 6.07 Å². The molecule has 0 amide bonds. The van der Waals surface area contributed by atoms with Crippen LogP contribution in [0, 0.1) is 0 Å². The molecule has 0 bridgehead atoms. The molecule has 0 spiro atoms. The summed E-state index contributed by atoms with van der Waals surface area (Å²) in [7, 11) is 0. The van der Waals surface area contributed by atoms with Crippen LogP contribution >= 0.6 is 15.9 Å². The second-order valence-electron chi connectivity index (χ2n) is 2.54. The van der Waals surface area contributed by atoms with Gasteiger partial charge in [0, 0.05) is 18.6 Å². The van der Waals surface area contributed by atoms with Crippen LogP contribution in [0.3, 0.4) is 0 Å². The van der Waals surface area contributed by atoms with Gasteiger partial charge in [-0.15, -0.1) is 0 Å². The van der Waals surface area contributed by atoms with Gasteiger partial charge in [-0.2, -0.15) is 0 Å². The summed E-state index contributed by atoms with van der Waals surface area (Å²) < 4.78 is 2.23. The van der Waals surface area contributed by atoms with Crippen LogP contribution in [-0.2, 0) is 0 Å². The largest absolute Gasteiger partial charge is 0.202 e. The van der Waals surface area contributed by atoms with Gasteiger partial charge < -0.3 is 0 Å². The average molecular weight is 215 g/mol. The van der Waals surface area contributed by atoms with Crippen molar-refractivity contribution in [3.8, 4) is 0 Å². The first-order valence-corrected chi connectivity index (χ1v) is 5.02. The monoisotopic (exact) mass is 214 g/mol. The number of halogens is 1. The maximum atomic E-state index is 3.49. The van der Waals surface area contributed by atoms with Crippen LogP contribution in [0.25, 0.3) is 0 Å². The maximum absolute atomic E-state index is 3.49. The van der Waals surface area contributed by atoms with Gasteiger partial charge in [0.25, 0.3) is 0 Å². The van der Waals surface area contributed by atoms with Crippen LogP contribution in [-0.4, -0.2) is 5.33 Å². The minimum absolute atomic E-state index is 0.594. The number of hydrogen-bond donors (Lipinski definition) is 0. The van der Waals surface area contributed by atoms with Gasteiger partial charge in [0.1, 0.15) is 0 Å². The lowest BCUT2D eigenvalue weighted by Gasteiger charge is -2.04. The summed E-state index contributed by atoms with van der Waals surface area (Å²) >= 11 is 3.49. The van der Waals surface area contributed by atoms with Gasteiger partial charge in [0.15, 0.2) is 18.4 Å². The van der Waals surface area contributed by atoms with Crippen LogP contribution in [0.4, 0.5) is 0 Å². The summed E-state index contributed by atoms with van der Waals surface area (Å²) in [5, 5.41) is 1.03. The molecule has 60 valence electrons. The number of hydrogen-bond acceptors (Lipinski definition) is 0. The van der Waals surface area contributed by atoms with Crippen molar-refractivity contribution < 1.29 is 4.57 Å². The van der Waals surface area contributed by atoms with Crippen molar-refractivity contribution in [2.45, 2.75) is 19.4 Å². The van der Waals surface area contributed by atoms with E-state index in [0.717, 1.165) is 5.33 Å². The lowest BCUT2D eigenvalue weighted by atomic mass is 10.2. The molecule has 11 heavy (non-hydrogen) atoms. The molecule has 1 atom stereocenters. The molecule has 1 aromatic heterocycles. The Bertz CT molecular complexity index is 194. The first-order chi connectivity index (χ1) is 5.38. The highest BCUT2D eigenvalue weighted by Gasteiger charge is 2.12. The predicted octanol–water partition coefficient (Wildman–Crippen LogP) is 2.32. The molecule has 0 aliphatic carbocycles. The van der Waals surface area contributed by atoms with Gasteiger partial charge in [-0.1, -0.05) is 28.9 Å². The van der Waals surface area contributed by atoms with Crippen molar-refractivity contribution in [2.24, 2.45) is 0 Å². The highest BCUT2D eigenvalue weighted by atomic mass is 79.9. The number of pyridine rings is 1. The molecule has 0 radical (unpaired) electrons. The molecule has 1 rings (SSSR count). The number of alkyl halides is 1. The van der Waals surface area contributed by atoms with Gasteiger partial charge in [-0.3, -0.25) is 0 Å². The SMILES string of the molecule is CC[C@@H](CBr)[n+]1ccccc1. The fourth-order valence-corrected chi connectivity index (χ4v) is 1.85. The van der Waals surface area contributed by atoms with Crippen molar-refractivity contribution in [3.05, 3.63) is 30.6 Å². The Labute approximate surface area is 76.2 Å². The molecule has 1 heterocycles. The lowest BCUT2D eigenvalue weighted by molar-refractivity contribution is -0.718. The molecule has 0 aliphatic rings. The van der Waals surface area contributed by atoms with E-state index in [4.69, 9.17) is 0 Å². The van der Waals surface area contributed by atoms with Crippen molar-refractivity contribution in [3.63, 3.8) is 0 Å². The van der Waals surface area contributed by atoms with Gasteiger partial charge in [-0.25, -0.2) is 4.57 Å². The smallest absolute Gasteiger partial charge is 0.169 e. The normalized spacial score (nSPS) is 12.9. The molecule has 0 fully saturated rings. The first-order valence-electron chi connectivity index (χ1n) is 3.90. The van der Waals surface area contributed by atoms with E-state index in [1.165, 1.54) is 6.42 Å². The molecular weight excluding hydrogens is 202 g/mol. The van der Waals surface area contributed by atoms with E-state index >= 15 is 0 Å². The Hall–Kier alpha value is -0.370. The average Bonchev–Trinajstić information content (AvgIpc) is 2.09. The van der Waals surface area contributed by atoms with Gasteiger partial charge in [0.05, 0.1) is 5.33 Å². The number of aromatic nitrogens is 1. The third-order valence-corrected chi connectivity index (χ3v) is 2.56. The van der Waals surface area contributed by atoms with Crippen molar-refractivity contribution in [2.75, 3.05) is 5.33 Å². The third kappa shape index (κ3) is 2.29. The molecule has 0 aromatic carbocycles. The summed E-state index contributed by atoms with van der Waals surface area (Å²) in [4.78, 5) is 0. The zero-order chi connectivity index (χ0) is 8.10. The maximum Gasteiger partial charge on any atom is 0.169 e. The molecule has 0 N–H and O–H groups in total. The van der Waals surface area contributed by atoms with Crippen molar-refractivity contribution in [1.82, 2.24) is 0 Å². The summed E-state index contributed by atoms with van der Waals surface area (Å²) in [6, 6.07) is 6.75.